The quantitative estimate of drug-likeness (QED) is 0.196. The van der Waals surface area contributed by atoms with Gasteiger partial charge in [-0.1, -0.05) is 42.3 Å². The van der Waals surface area contributed by atoms with Gasteiger partial charge in [0.15, 0.2) is 11.6 Å². The number of methoxy groups -OCH3 is 1. The van der Waals surface area contributed by atoms with E-state index in [4.69, 9.17) is 11.2 Å². The van der Waals surface area contributed by atoms with Gasteiger partial charge in [-0.05, 0) is 42.8 Å². The van der Waals surface area contributed by atoms with Crippen molar-refractivity contribution in [3.63, 3.8) is 0 Å². The molecule has 1 aliphatic heterocycles. The molecule has 5 aromatic rings. The Morgan fingerprint density at radius 2 is 1.95 bits per heavy atom. The summed E-state index contributed by atoms with van der Waals surface area (Å²) in [6, 6.07) is 15.7. The van der Waals surface area contributed by atoms with Crippen molar-refractivity contribution in [2.45, 2.75) is 25.3 Å². The van der Waals surface area contributed by atoms with Gasteiger partial charge in [0.25, 0.3) is 5.91 Å². The Labute approximate surface area is 252 Å². The van der Waals surface area contributed by atoms with Crippen LogP contribution >= 0.6 is 0 Å². The lowest BCUT2D eigenvalue weighted by atomic mass is 9.97. The first kappa shape index (κ1) is 28.7. The van der Waals surface area contributed by atoms with Gasteiger partial charge < -0.3 is 15.0 Å². The lowest BCUT2D eigenvalue weighted by Crippen LogP contribution is -2.43. The van der Waals surface area contributed by atoms with Crippen LogP contribution in [0.3, 0.4) is 0 Å². The lowest BCUT2D eigenvalue weighted by molar-refractivity contribution is -0.119. The van der Waals surface area contributed by atoms with Crippen molar-refractivity contribution in [1.29, 1.82) is 0 Å². The maximum absolute atomic E-state index is 16.4. The van der Waals surface area contributed by atoms with Crippen LogP contribution in [-0.2, 0) is 4.79 Å². The molecule has 1 aliphatic rings. The number of nitrogens with one attached hydrogen (secondary N) is 1. The Morgan fingerprint density at radius 1 is 1.11 bits per heavy atom. The second kappa shape index (κ2) is 12.4. The first-order valence-corrected chi connectivity index (χ1v) is 14.2. The number of nitrogens with zero attached hydrogens (tertiary/aromatic N) is 5. The molecule has 220 valence electrons. The van der Waals surface area contributed by atoms with E-state index in [1.165, 1.54) is 13.3 Å². The second-order valence-electron chi connectivity index (χ2n) is 10.4. The number of halogens is 2. The molecule has 0 aliphatic carbocycles. The number of hydrogen-bond donors (Lipinski definition) is 1. The zero-order valence-electron chi connectivity index (χ0n) is 23.9. The largest absolute Gasteiger partial charge is 0.467 e. The zero-order valence-corrected chi connectivity index (χ0v) is 23.9. The van der Waals surface area contributed by atoms with Gasteiger partial charge >= 0.3 is 6.01 Å². The standard InChI is InChI=1S/C34H28F2N6O2/c1-3-21-10-8-11-22-12-9-15-25(28(21)22)30-29(36)31-26(19-38-30)32(41-34(40-31)44-2)42-17-7-5-14-24(20-42)39-33(43)27(35)18-23-13-4-6-16-37-23/h1,4,6,8-13,15-16,18-19,24H,5,7,14,17,20H2,2H3,(H,39,43)/b27-18-. The summed E-state index contributed by atoms with van der Waals surface area (Å²) in [5.41, 5.74) is 1.67. The van der Waals surface area contributed by atoms with Gasteiger partial charge in [0.05, 0.1) is 18.2 Å². The molecule has 0 radical (unpaired) electrons. The Hall–Kier alpha value is -5.43. The minimum Gasteiger partial charge on any atom is -0.467 e. The van der Waals surface area contributed by atoms with Crippen molar-refractivity contribution in [2.75, 3.05) is 25.1 Å². The Kier molecular flexibility index (Phi) is 8.10. The van der Waals surface area contributed by atoms with E-state index < -0.39 is 17.6 Å². The Morgan fingerprint density at radius 3 is 2.73 bits per heavy atom. The fourth-order valence-electron chi connectivity index (χ4n) is 5.56. The number of amides is 1. The van der Waals surface area contributed by atoms with Gasteiger partial charge in [-0.2, -0.15) is 9.97 Å². The summed E-state index contributed by atoms with van der Waals surface area (Å²) in [7, 11) is 1.41. The third kappa shape index (κ3) is 5.64. The molecular formula is C34H28F2N6O2. The van der Waals surface area contributed by atoms with E-state index in [2.05, 4.69) is 31.2 Å². The van der Waals surface area contributed by atoms with Gasteiger partial charge in [-0.3, -0.25) is 14.8 Å². The zero-order chi connectivity index (χ0) is 30.6. The fourth-order valence-corrected chi connectivity index (χ4v) is 5.56. The van der Waals surface area contributed by atoms with E-state index in [0.29, 0.717) is 47.5 Å². The van der Waals surface area contributed by atoms with Crippen LogP contribution in [0.15, 0.2) is 72.8 Å². The van der Waals surface area contributed by atoms with E-state index in [-0.39, 0.29) is 23.3 Å². The van der Waals surface area contributed by atoms with Crippen LogP contribution in [-0.4, -0.2) is 52.1 Å². The van der Waals surface area contributed by atoms with Crippen LogP contribution in [0.25, 0.3) is 39.0 Å². The predicted molar refractivity (Wildman–Crippen MR) is 166 cm³/mol. The fraction of sp³-hybridized carbons (Fsp3) is 0.206. The monoisotopic (exact) mass is 590 g/mol. The number of ether oxygens (including phenoxy) is 1. The van der Waals surface area contributed by atoms with Crippen LogP contribution in [0, 0.1) is 18.2 Å². The summed E-state index contributed by atoms with van der Waals surface area (Å²) in [6.07, 6.45) is 12.2. The highest BCUT2D eigenvalue weighted by atomic mass is 19.1. The summed E-state index contributed by atoms with van der Waals surface area (Å²) < 4.78 is 36.5. The number of terminal acetylenes is 1. The number of aromatic nitrogens is 4. The molecule has 1 fully saturated rings. The average Bonchev–Trinajstić information content (AvgIpc) is 3.30. The van der Waals surface area contributed by atoms with Gasteiger partial charge in [0, 0.05) is 54.1 Å². The highest BCUT2D eigenvalue weighted by Gasteiger charge is 2.26. The van der Waals surface area contributed by atoms with Crippen LogP contribution in [0.1, 0.15) is 30.5 Å². The molecule has 1 atom stereocenters. The number of hydrogen-bond acceptors (Lipinski definition) is 7. The molecular weight excluding hydrogens is 562 g/mol. The Balaban J connectivity index is 1.36. The van der Waals surface area contributed by atoms with Crippen molar-refractivity contribution in [3.8, 4) is 29.6 Å². The number of rotatable bonds is 6. The highest BCUT2D eigenvalue weighted by molar-refractivity contribution is 6.02. The number of carbonyl (C=O) groups excluding carboxylic acids is 1. The van der Waals surface area contributed by atoms with Gasteiger partial charge in [-0.25, -0.2) is 8.78 Å². The molecule has 1 saturated heterocycles. The predicted octanol–water partition coefficient (Wildman–Crippen LogP) is 5.85. The third-order valence-corrected chi connectivity index (χ3v) is 7.63. The summed E-state index contributed by atoms with van der Waals surface area (Å²) >= 11 is 0. The molecule has 0 bridgehead atoms. The van der Waals surface area contributed by atoms with Crippen molar-refractivity contribution in [2.24, 2.45) is 0 Å². The molecule has 0 saturated carbocycles. The van der Waals surface area contributed by atoms with Gasteiger partial charge in [0.2, 0.25) is 0 Å². The molecule has 0 spiro atoms. The SMILES string of the molecule is C#Cc1cccc2cccc(-c3ncc4c(N5CCCCC(NC(=O)/C(F)=C/c6ccccn6)C5)nc(OC)nc4c3F)c12. The normalized spacial score (nSPS) is 15.5. The van der Waals surface area contributed by atoms with Crippen LogP contribution in [0.2, 0.25) is 0 Å². The number of fused-ring (bicyclic) bond motifs is 2. The maximum Gasteiger partial charge on any atom is 0.318 e. The van der Waals surface area contributed by atoms with Crippen LogP contribution in [0.4, 0.5) is 14.6 Å². The summed E-state index contributed by atoms with van der Waals surface area (Å²) in [5, 5.41) is 4.77. The summed E-state index contributed by atoms with van der Waals surface area (Å²) in [6.45, 7) is 0.891. The topological polar surface area (TPSA) is 93.1 Å². The number of pyridine rings is 2. The van der Waals surface area contributed by atoms with Gasteiger partial charge in [-0.15, -0.1) is 6.42 Å². The van der Waals surface area contributed by atoms with E-state index in [1.54, 1.807) is 30.5 Å². The summed E-state index contributed by atoms with van der Waals surface area (Å²) in [4.78, 5) is 32.2. The number of anilines is 1. The van der Waals surface area contributed by atoms with Crippen LogP contribution in [0.5, 0.6) is 6.01 Å². The van der Waals surface area contributed by atoms with Crippen molar-refractivity contribution < 1.29 is 18.3 Å². The third-order valence-electron chi connectivity index (χ3n) is 7.63. The second-order valence-corrected chi connectivity index (χ2v) is 10.4. The smallest absolute Gasteiger partial charge is 0.318 e. The lowest BCUT2D eigenvalue weighted by Gasteiger charge is -2.27. The molecule has 10 heteroatoms. The first-order valence-electron chi connectivity index (χ1n) is 14.2. The van der Waals surface area contributed by atoms with Crippen LogP contribution < -0.4 is 15.0 Å². The molecule has 1 unspecified atom stereocenters. The van der Waals surface area contributed by atoms with Crippen molar-refractivity contribution in [3.05, 3.63) is 89.9 Å². The van der Waals surface area contributed by atoms with E-state index in [9.17, 15) is 9.18 Å². The highest BCUT2D eigenvalue weighted by Crippen LogP contribution is 2.36. The Bertz CT molecular complexity index is 1940. The van der Waals surface area contributed by atoms with E-state index in [0.717, 1.165) is 29.7 Å². The number of benzene rings is 2. The first-order chi connectivity index (χ1) is 21.5. The minimum absolute atomic E-state index is 0.0139. The maximum atomic E-state index is 16.4. The number of carbonyl (C=O) groups is 1. The van der Waals surface area contributed by atoms with Crippen molar-refractivity contribution in [1.82, 2.24) is 25.3 Å². The summed E-state index contributed by atoms with van der Waals surface area (Å²) in [5.74, 6) is 0.704. The van der Waals surface area contributed by atoms with E-state index in [1.807, 2.05) is 35.2 Å². The molecule has 4 heterocycles. The molecule has 44 heavy (non-hydrogen) atoms. The average molecular weight is 591 g/mol. The molecule has 8 nitrogen and oxygen atoms in total. The van der Waals surface area contributed by atoms with Crippen molar-refractivity contribution >= 4 is 39.5 Å². The molecule has 6 rings (SSSR count). The van der Waals surface area contributed by atoms with E-state index >= 15 is 4.39 Å². The molecule has 3 aromatic heterocycles. The molecule has 2 aromatic carbocycles. The molecule has 1 amide bonds. The van der Waals surface area contributed by atoms with Gasteiger partial charge in [0.1, 0.15) is 17.0 Å². The molecule has 1 N–H and O–H groups in total. The minimum atomic E-state index is -0.936.